The summed E-state index contributed by atoms with van der Waals surface area (Å²) in [5.41, 5.74) is 4.51. The molecule has 2 rings (SSSR count). The summed E-state index contributed by atoms with van der Waals surface area (Å²) in [6.45, 7) is 4.67. The number of nitrogens with zero attached hydrogens (tertiary/aromatic N) is 1. The molecular formula is C20H25ClN2O. The van der Waals surface area contributed by atoms with Crippen LogP contribution in [0.4, 0.5) is 0 Å². The number of halogens is 1. The lowest BCUT2D eigenvalue weighted by Gasteiger charge is -2.26. The van der Waals surface area contributed by atoms with Crippen LogP contribution >= 0.6 is 11.6 Å². The number of hydrogen-bond donors (Lipinski definition) is 1. The van der Waals surface area contributed by atoms with Gasteiger partial charge in [-0.15, -0.1) is 0 Å². The van der Waals surface area contributed by atoms with Gasteiger partial charge in [0.2, 0.25) is 5.91 Å². The third-order valence-corrected chi connectivity index (χ3v) is 4.66. The maximum atomic E-state index is 12.3. The third-order valence-electron chi connectivity index (χ3n) is 4.32. The average molecular weight is 345 g/mol. The molecule has 0 bridgehead atoms. The molecule has 2 aromatic carbocycles. The first kappa shape index (κ1) is 18.5. The molecule has 0 saturated heterocycles. The van der Waals surface area contributed by atoms with Crippen LogP contribution in [0.25, 0.3) is 0 Å². The molecule has 24 heavy (non-hydrogen) atoms. The zero-order chi connectivity index (χ0) is 17.7. The molecule has 0 heterocycles. The maximum Gasteiger partial charge on any atom is 0.224 e. The molecule has 1 unspecified atom stereocenters. The van der Waals surface area contributed by atoms with Crippen LogP contribution in [0, 0.1) is 13.8 Å². The largest absolute Gasteiger partial charge is 0.354 e. The van der Waals surface area contributed by atoms with Crippen LogP contribution in [0.3, 0.4) is 0 Å². The maximum absolute atomic E-state index is 12.3. The molecule has 1 N–H and O–H groups in total. The van der Waals surface area contributed by atoms with Gasteiger partial charge in [0.25, 0.3) is 0 Å². The molecule has 0 aliphatic heterocycles. The summed E-state index contributed by atoms with van der Waals surface area (Å²) >= 11 is 6.30. The number of nitrogens with one attached hydrogen (secondary N) is 1. The first-order valence-electron chi connectivity index (χ1n) is 8.12. The smallest absolute Gasteiger partial charge is 0.224 e. The highest BCUT2D eigenvalue weighted by molar-refractivity contribution is 6.31. The number of likely N-dealkylation sites (N-methyl/N-ethyl adjacent to an activating group) is 1. The Kier molecular flexibility index (Phi) is 6.41. The average Bonchev–Trinajstić information content (AvgIpc) is 2.52. The van der Waals surface area contributed by atoms with Crippen molar-refractivity contribution in [1.29, 1.82) is 0 Å². The van der Waals surface area contributed by atoms with Crippen LogP contribution in [-0.4, -0.2) is 31.4 Å². The van der Waals surface area contributed by atoms with Gasteiger partial charge in [-0.05, 0) is 56.3 Å². The Bertz CT molecular complexity index is 713. The molecule has 0 saturated carbocycles. The fourth-order valence-electron chi connectivity index (χ4n) is 2.69. The molecule has 4 heteroatoms. The van der Waals surface area contributed by atoms with Gasteiger partial charge in [0.15, 0.2) is 0 Å². The van der Waals surface area contributed by atoms with Crippen molar-refractivity contribution in [3.63, 3.8) is 0 Å². The van der Waals surface area contributed by atoms with Crippen LogP contribution in [0.15, 0.2) is 42.5 Å². The van der Waals surface area contributed by atoms with Crippen LogP contribution in [0.2, 0.25) is 5.02 Å². The lowest BCUT2D eigenvalue weighted by Crippen LogP contribution is -2.35. The monoisotopic (exact) mass is 344 g/mol. The first-order valence-corrected chi connectivity index (χ1v) is 8.50. The predicted molar refractivity (Wildman–Crippen MR) is 101 cm³/mol. The highest BCUT2D eigenvalue weighted by atomic mass is 35.5. The molecule has 2 aromatic rings. The number of carbonyl (C=O) groups excluding carboxylic acids is 1. The van der Waals surface area contributed by atoms with Gasteiger partial charge in [0, 0.05) is 11.6 Å². The van der Waals surface area contributed by atoms with Crippen molar-refractivity contribution in [1.82, 2.24) is 10.2 Å². The van der Waals surface area contributed by atoms with Crippen molar-refractivity contribution in [3.05, 3.63) is 69.7 Å². The Labute approximate surface area is 149 Å². The molecule has 0 spiro atoms. The summed E-state index contributed by atoms with van der Waals surface area (Å²) in [7, 11) is 3.98. The molecule has 0 aromatic heterocycles. The summed E-state index contributed by atoms with van der Waals surface area (Å²) < 4.78 is 0. The summed E-state index contributed by atoms with van der Waals surface area (Å²) in [6.07, 6.45) is 0.393. The second kappa shape index (κ2) is 8.32. The van der Waals surface area contributed by atoms with Gasteiger partial charge in [-0.1, -0.05) is 48.0 Å². The summed E-state index contributed by atoms with van der Waals surface area (Å²) in [4.78, 5) is 14.4. The summed E-state index contributed by atoms with van der Waals surface area (Å²) in [6, 6.07) is 14.0. The molecule has 0 aliphatic carbocycles. The fourth-order valence-corrected chi connectivity index (χ4v) is 2.95. The van der Waals surface area contributed by atoms with E-state index in [0.717, 1.165) is 16.1 Å². The molecule has 0 radical (unpaired) electrons. The van der Waals surface area contributed by atoms with E-state index in [4.69, 9.17) is 11.6 Å². The molecule has 3 nitrogen and oxygen atoms in total. The van der Waals surface area contributed by atoms with Gasteiger partial charge in [0.1, 0.15) is 0 Å². The van der Waals surface area contributed by atoms with E-state index in [1.807, 2.05) is 44.4 Å². The Hall–Kier alpha value is -1.84. The zero-order valence-electron chi connectivity index (χ0n) is 14.8. The van der Waals surface area contributed by atoms with Gasteiger partial charge in [0.05, 0.1) is 12.5 Å². The normalized spacial score (nSPS) is 12.2. The number of hydrogen-bond acceptors (Lipinski definition) is 2. The number of benzene rings is 2. The number of aryl methyl sites for hydroxylation is 2. The number of rotatable bonds is 6. The van der Waals surface area contributed by atoms with Crippen LogP contribution < -0.4 is 5.32 Å². The van der Waals surface area contributed by atoms with E-state index in [-0.39, 0.29) is 11.9 Å². The van der Waals surface area contributed by atoms with Gasteiger partial charge in [-0.3, -0.25) is 4.79 Å². The second-order valence-corrected chi connectivity index (χ2v) is 6.81. The van der Waals surface area contributed by atoms with E-state index in [0.29, 0.717) is 13.0 Å². The standard InChI is InChI=1S/C20H25ClN2O/c1-14-9-10-16(11-15(14)2)12-20(24)22-13-19(23(3)4)17-7-5-6-8-18(17)21/h5-11,19H,12-13H2,1-4H3,(H,22,24). The van der Waals surface area contributed by atoms with E-state index in [1.165, 1.54) is 11.1 Å². The summed E-state index contributed by atoms with van der Waals surface area (Å²) in [5.74, 6) is 0.0251. The van der Waals surface area contributed by atoms with Crippen molar-refractivity contribution >= 4 is 17.5 Å². The Morgan fingerprint density at radius 2 is 1.83 bits per heavy atom. The van der Waals surface area contributed by atoms with Crippen molar-refractivity contribution in [2.75, 3.05) is 20.6 Å². The molecule has 128 valence electrons. The minimum Gasteiger partial charge on any atom is -0.354 e. The Morgan fingerprint density at radius 3 is 2.46 bits per heavy atom. The fraction of sp³-hybridized carbons (Fsp3) is 0.350. The Balaban J connectivity index is 2.00. The van der Waals surface area contributed by atoms with Crippen molar-refractivity contribution in [2.24, 2.45) is 0 Å². The van der Waals surface area contributed by atoms with Crippen LogP contribution in [0.5, 0.6) is 0 Å². The molecular weight excluding hydrogens is 320 g/mol. The lowest BCUT2D eigenvalue weighted by atomic mass is 10.0. The second-order valence-electron chi connectivity index (χ2n) is 6.40. The van der Waals surface area contributed by atoms with Crippen molar-refractivity contribution in [2.45, 2.75) is 26.3 Å². The van der Waals surface area contributed by atoms with E-state index in [9.17, 15) is 4.79 Å². The van der Waals surface area contributed by atoms with E-state index in [2.05, 4.69) is 36.2 Å². The summed E-state index contributed by atoms with van der Waals surface area (Å²) in [5, 5.41) is 3.75. The van der Waals surface area contributed by atoms with Crippen LogP contribution in [-0.2, 0) is 11.2 Å². The zero-order valence-corrected chi connectivity index (χ0v) is 15.5. The van der Waals surface area contributed by atoms with E-state index < -0.39 is 0 Å². The molecule has 1 amide bonds. The Morgan fingerprint density at radius 1 is 1.12 bits per heavy atom. The van der Waals surface area contributed by atoms with Gasteiger partial charge >= 0.3 is 0 Å². The lowest BCUT2D eigenvalue weighted by molar-refractivity contribution is -0.120. The molecule has 0 fully saturated rings. The van der Waals surface area contributed by atoms with Crippen molar-refractivity contribution < 1.29 is 4.79 Å². The highest BCUT2D eigenvalue weighted by Gasteiger charge is 2.17. The van der Waals surface area contributed by atoms with E-state index >= 15 is 0 Å². The van der Waals surface area contributed by atoms with Gasteiger partial charge in [-0.2, -0.15) is 0 Å². The minimum atomic E-state index is 0.0251. The minimum absolute atomic E-state index is 0.0251. The van der Waals surface area contributed by atoms with Gasteiger partial charge in [-0.25, -0.2) is 0 Å². The molecule has 0 aliphatic rings. The number of carbonyl (C=O) groups is 1. The first-order chi connectivity index (χ1) is 11.4. The van der Waals surface area contributed by atoms with Gasteiger partial charge < -0.3 is 10.2 Å². The third kappa shape index (κ3) is 4.83. The topological polar surface area (TPSA) is 32.3 Å². The number of amides is 1. The SMILES string of the molecule is Cc1ccc(CC(=O)NCC(c2ccccc2Cl)N(C)C)cc1C. The molecule has 1 atom stereocenters. The highest BCUT2D eigenvalue weighted by Crippen LogP contribution is 2.25. The quantitative estimate of drug-likeness (QED) is 0.861. The van der Waals surface area contributed by atoms with Crippen molar-refractivity contribution in [3.8, 4) is 0 Å². The predicted octanol–water partition coefficient (Wildman–Crippen LogP) is 3.92. The van der Waals surface area contributed by atoms with Crippen LogP contribution in [0.1, 0.15) is 28.3 Å². The van der Waals surface area contributed by atoms with E-state index in [1.54, 1.807) is 0 Å².